The maximum Gasteiger partial charge on any atom is 0.312 e. The van der Waals surface area contributed by atoms with E-state index in [1.165, 1.54) is 11.3 Å². The van der Waals surface area contributed by atoms with Gasteiger partial charge in [0.25, 0.3) is 0 Å². The number of benzene rings is 1. The molecule has 0 atom stereocenters. The summed E-state index contributed by atoms with van der Waals surface area (Å²) in [5.41, 5.74) is 2.46. The van der Waals surface area contributed by atoms with Crippen LogP contribution >= 0.6 is 27.3 Å². The van der Waals surface area contributed by atoms with Gasteiger partial charge in [0, 0.05) is 16.0 Å². The van der Waals surface area contributed by atoms with Crippen molar-refractivity contribution in [2.45, 2.75) is 13.0 Å². The van der Waals surface area contributed by atoms with Crippen molar-refractivity contribution in [2.24, 2.45) is 0 Å². The monoisotopic (exact) mass is 388 g/mol. The van der Waals surface area contributed by atoms with Gasteiger partial charge in [-0.05, 0) is 29.8 Å². The first-order chi connectivity index (χ1) is 11.2. The van der Waals surface area contributed by atoms with Crippen molar-refractivity contribution in [3.05, 3.63) is 69.8 Å². The number of hydrogen-bond acceptors (Lipinski definition) is 5. The molecule has 3 rings (SSSR count). The highest BCUT2D eigenvalue weighted by atomic mass is 79.9. The van der Waals surface area contributed by atoms with Crippen LogP contribution in [-0.2, 0) is 22.6 Å². The molecule has 0 aliphatic carbocycles. The Bertz CT molecular complexity index is 805. The van der Waals surface area contributed by atoms with Gasteiger partial charge in [-0.3, -0.25) is 9.78 Å². The van der Waals surface area contributed by atoms with E-state index in [0.717, 1.165) is 20.7 Å². The first-order valence-electron chi connectivity index (χ1n) is 6.96. The van der Waals surface area contributed by atoms with Crippen LogP contribution < -0.4 is 0 Å². The molecule has 0 saturated carbocycles. The lowest BCUT2D eigenvalue weighted by Gasteiger charge is -2.04. The number of carbonyl (C=O) groups excluding carboxylic acids is 1. The summed E-state index contributed by atoms with van der Waals surface area (Å²) in [6.07, 6.45) is 1.89. The highest BCUT2D eigenvalue weighted by molar-refractivity contribution is 9.10. The molecule has 0 unspecified atom stereocenters. The number of nitrogens with zero attached hydrogens (tertiary/aromatic N) is 2. The molecule has 116 valence electrons. The maximum absolute atomic E-state index is 11.9. The molecule has 0 amide bonds. The van der Waals surface area contributed by atoms with Crippen LogP contribution in [0.1, 0.15) is 11.3 Å². The van der Waals surface area contributed by atoms with Gasteiger partial charge in [-0.2, -0.15) is 0 Å². The summed E-state index contributed by atoms with van der Waals surface area (Å²) in [5.74, 6) is -0.289. The fourth-order valence-corrected chi connectivity index (χ4v) is 3.23. The molecule has 0 bridgehead atoms. The first kappa shape index (κ1) is 15.8. The van der Waals surface area contributed by atoms with Crippen molar-refractivity contribution in [2.75, 3.05) is 0 Å². The number of pyridine rings is 1. The Morgan fingerprint density at radius 3 is 2.91 bits per heavy atom. The van der Waals surface area contributed by atoms with Crippen LogP contribution in [0.2, 0.25) is 0 Å². The minimum Gasteiger partial charge on any atom is -0.461 e. The van der Waals surface area contributed by atoms with Gasteiger partial charge < -0.3 is 4.74 Å². The Balaban J connectivity index is 1.57. The molecule has 0 saturated heterocycles. The van der Waals surface area contributed by atoms with Crippen LogP contribution in [-0.4, -0.2) is 15.9 Å². The number of thiazole rings is 1. The van der Waals surface area contributed by atoms with Crippen LogP contribution in [0, 0.1) is 0 Å². The molecule has 6 heteroatoms. The average molecular weight is 389 g/mol. The van der Waals surface area contributed by atoms with Crippen LogP contribution in [0.4, 0.5) is 0 Å². The lowest BCUT2D eigenvalue weighted by Crippen LogP contribution is -2.08. The zero-order valence-electron chi connectivity index (χ0n) is 12.1. The van der Waals surface area contributed by atoms with Gasteiger partial charge in [0.15, 0.2) is 0 Å². The second kappa shape index (κ2) is 7.48. The molecule has 0 aliphatic rings. The van der Waals surface area contributed by atoms with E-state index in [1.807, 2.05) is 47.8 Å². The van der Waals surface area contributed by atoms with E-state index < -0.39 is 0 Å². The fourth-order valence-electron chi connectivity index (χ4n) is 1.98. The van der Waals surface area contributed by atoms with Crippen LogP contribution in [0.3, 0.4) is 0 Å². The van der Waals surface area contributed by atoms with Crippen molar-refractivity contribution in [1.29, 1.82) is 0 Å². The molecule has 1 aromatic carbocycles. The largest absolute Gasteiger partial charge is 0.461 e. The Morgan fingerprint density at radius 2 is 2.13 bits per heavy atom. The summed E-state index contributed by atoms with van der Waals surface area (Å²) in [5, 5.41) is 2.67. The standard InChI is InChI=1S/C17H13BrN2O2S/c18-13-5-3-4-12(8-13)10-22-16(21)9-14-11-23-17(20-14)15-6-1-2-7-19-15/h1-8,11H,9-10H2. The van der Waals surface area contributed by atoms with Gasteiger partial charge in [0.2, 0.25) is 0 Å². The smallest absolute Gasteiger partial charge is 0.312 e. The molecule has 0 aliphatic heterocycles. The van der Waals surface area contributed by atoms with Crippen molar-refractivity contribution in [3.63, 3.8) is 0 Å². The molecule has 0 radical (unpaired) electrons. The molecule has 23 heavy (non-hydrogen) atoms. The van der Waals surface area contributed by atoms with E-state index >= 15 is 0 Å². The normalized spacial score (nSPS) is 10.5. The molecule has 4 nitrogen and oxygen atoms in total. The number of hydrogen-bond donors (Lipinski definition) is 0. The first-order valence-corrected chi connectivity index (χ1v) is 8.64. The minimum atomic E-state index is -0.289. The molecule has 0 spiro atoms. The molecule has 2 heterocycles. The van der Waals surface area contributed by atoms with E-state index in [1.54, 1.807) is 6.20 Å². The highest BCUT2D eigenvalue weighted by Crippen LogP contribution is 2.21. The molecule has 3 aromatic rings. The third-order valence-corrected chi connectivity index (χ3v) is 4.46. The van der Waals surface area contributed by atoms with Gasteiger partial charge in [0.05, 0.1) is 17.8 Å². The molecule has 0 fully saturated rings. The zero-order chi connectivity index (χ0) is 16.1. The van der Waals surface area contributed by atoms with Crippen molar-refractivity contribution < 1.29 is 9.53 Å². The van der Waals surface area contributed by atoms with E-state index in [-0.39, 0.29) is 19.0 Å². The van der Waals surface area contributed by atoms with Gasteiger partial charge >= 0.3 is 5.97 Å². The lowest BCUT2D eigenvalue weighted by molar-refractivity contribution is -0.144. The molecular weight excluding hydrogens is 376 g/mol. The summed E-state index contributed by atoms with van der Waals surface area (Å²) < 4.78 is 6.25. The van der Waals surface area contributed by atoms with E-state index in [2.05, 4.69) is 25.9 Å². The van der Waals surface area contributed by atoms with Crippen LogP contribution in [0.5, 0.6) is 0 Å². The van der Waals surface area contributed by atoms with Crippen LogP contribution in [0.15, 0.2) is 58.5 Å². The quantitative estimate of drug-likeness (QED) is 0.612. The summed E-state index contributed by atoms with van der Waals surface area (Å²) in [6, 6.07) is 13.4. The van der Waals surface area contributed by atoms with Gasteiger partial charge in [0.1, 0.15) is 11.6 Å². The van der Waals surface area contributed by atoms with E-state index in [4.69, 9.17) is 4.74 Å². The van der Waals surface area contributed by atoms with E-state index in [0.29, 0.717) is 5.69 Å². The second-order valence-electron chi connectivity index (χ2n) is 4.83. The Labute approximate surface area is 146 Å². The Kier molecular flexibility index (Phi) is 5.15. The predicted molar refractivity (Wildman–Crippen MR) is 93.0 cm³/mol. The molecule has 2 aromatic heterocycles. The van der Waals surface area contributed by atoms with Gasteiger partial charge in [-0.1, -0.05) is 34.1 Å². The van der Waals surface area contributed by atoms with Crippen molar-refractivity contribution in [3.8, 4) is 10.7 Å². The summed E-state index contributed by atoms with van der Waals surface area (Å²) in [4.78, 5) is 20.6. The SMILES string of the molecule is O=C(Cc1csc(-c2ccccn2)n1)OCc1cccc(Br)c1. The third-order valence-electron chi connectivity index (χ3n) is 3.05. The number of carbonyl (C=O) groups is 1. The molecular formula is C17H13BrN2O2S. The van der Waals surface area contributed by atoms with Gasteiger partial charge in [-0.15, -0.1) is 11.3 Å². The number of esters is 1. The minimum absolute atomic E-state index is 0.164. The van der Waals surface area contributed by atoms with Crippen molar-refractivity contribution >= 4 is 33.2 Å². The lowest BCUT2D eigenvalue weighted by atomic mass is 10.2. The average Bonchev–Trinajstić information content (AvgIpc) is 3.02. The van der Waals surface area contributed by atoms with Crippen molar-refractivity contribution in [1.82, 2.24) is 9.97 Å². The summed E-state index contributed by atoms with van der Waals surface area (Å²) in [6.45, 7) is 0.259. The van der Waals surface area contributed by atoms with E-state index in [9.17, 15) is 4.79 Å². The number of aromatic nitrogens is 2. The fraction of sp³-hybridized carbons (Fsp3) is 0.118. The number of ether oxygens (including phenoxy) is 1. The Hall–Kier alpha value is -2.05. The zero-order valence-corrected chi connectivity index (χ0v) is 14.5. The Morgan fingerprint density at radius 1 is 1.22 bits per heavy atom. The summed E-state index contributed by atoms with van der Waals surface area (Å²) in [7, 11) is 0. The highest BCUT2D eigenvalue weighted by Gasteiger charge is 2.11. The number of rotatable bonds is 5. The van der Waals surface area contributed by atoms with Crippen LogP contribution in [0.25, 0.3) is 10.7 Å². The number of halogens is 1. The van der Waals surface area contributed by atoms with Gasteiger partial charge in [-0.25, -0.2) is 4.98 Å². The summed E-state index contributed by atoms with van der Waals surface area (Å²) >= 11 is 4.87. The third kappa shape index (κ3) is 4.46. The predicted octanol–water partition coefficient (Wildman–Crippen LogP) is 4.25. The maximum atomic E-state index is 11.9. The topological polar surface area (TPSA) is 52.1 Å². The molecule has 0 N–H and O–H groups in total. The second-order valence-corrected chi connectivity index (χ2v) is 6.60.